The summed E-state index contributed by atoms with van der Waals surface area (Å²) < 4.78 is 18.7. The molecule has 2 rings (SSSR count). The van der Waals surface area contributed by atoms with E-state index < -0.39 is 11.8 Å². The molecule has 0 saturated heterocycles. The highest BCUT2D eigenvalue weighted by Crippen LogP contribution is 2.30. The number of hydrogen-bond donors (Lipinski definition) is 1. The Bertz CT molecular complexity index is 615. The second kappa shape index (κ2) is 4.18. The minimum Gasteiger partial charge on any atom is -0.496 e. The lowest BCUT2D eigenvalue weighted by Crippen LogP contribution is -2.02. The maximum absolute atomic E-state index is 13.7. The van der Waals surface area contributed by atoms with Gasteiger partial charge in [0.25, 0.3) is 0 Å². The molecule has 0 spiro atoms. The van der Waals surface area contributed by atoms with E-state index in [1.807, 2.05) is 0 Å². The van der Waals surface area contributed by atoms with Gasteiger partial charge in [-0.2, -0.15) is 0 Å². The fourth-order valence-electron chi connectivity index (χ4n) is 1.48. The third-order valence-corrected chi connectivity index (χ3v) is 2.57. The molecule has 0 fully saturated rings. The number of pyridine rings is 1. The van der Waals surface area contributed by atoms with Crippen LogP contribution in [0.15, 0.2) is 18.2 Å². The van der Waals surface area contributed by atoms with Crippen molar-refractivity contribution < 1.29 is 19.0 Å². The Balaban J connectivity index is 2.88. The minimum absolute atomic E-state index is 0.116. The Kier molecular flexibility index (Phi) is 2.85. The van der Waals surface area contributed by atoms with E-state index in [9.17, 15) is 9.18 Å². The molecule has 4 nitrogen and oxygen atoms in total. The number of fused-ring (bicyclic) bond motifs is 1. The zero-order valence-corrected chi connectivity index (χ0v) is 9.45. The Morgan fingerprint density at radius 2 is 2.24 bits per heavy atom. The molecule has 0 aliphatic carbocycles. The summed E-state index contributed by atoms with van der Waals surface area (Å²) in [6.45, 7) is 0. The van der Waals surface area contributed by atoms with Crippen molar-refractivity contribution in [3.8, 4) is 5.75 Å². The average Bonchev–Trinajstić information content (AvgIpc) is 2.32. The zero-order valence-electron chi connectivity index (χ0n) is 8.70. The molecule has 0 bridgehead atoms. The van der Waals surface area contributed by atoms with Crippen molar-refractivity contribution in [2.45, 2.75) is 0 Å². The van der Waals surface area contributed by atoms with E-state index in [1.165, 1.54) is 25.3 Å². The van der Waals surface area contributed by atoms with Crippen molar-refractivity contribution in [2.24, 2.45) is 0 Å². The van der Waals surface area contributed by atoms with Crippen LogP contribution in [0.25, 0.3) is 10.9 Å². The molecule has 1 N–H and O–H groups in total. The number of carbonyl (C=O) groups is 1. The maximum atomic E-state index is 13.7. The lowest BCUT2D eigenvalue weighted by Gasteiger charge is -2.07. The lowest BCUT2D eigenvalue weighted by atomic mass is 10.1. The number of rotatable bonds is 2. The van der Waals surface area contributed by atoms with Crippen molar-refractivity contribution >= 4 is 28.5 Å². The fourth-order valence-corrected chi connectivity index (χ4v) is 1.63. The van der Waals surface area contributed by atoms with E-state index >= 15 is 0 Å². The van der Waals surface area contributed by atoms with Gasteiger partial charge in [0.05, 0.1) is 12.1 Å². The molecule has 6 heteroatoms. The molecule has 0 saturated carbocycles. The summed E-state index contributed by atoms with van der Waals surface area (Å²) in [6.07, 6.45) is 0. The summed E-state index contributed by atoms with van der Waals surface area (Å²) in [7, 11) is 1.37. The van der Waals surface area contributed by atoms with E-state index in [2.05, 4.69) is 4.98 Å². The van der Waals surface area contributed by atoms with Crippen molar-refractivity contribution in [1.82, 2.24) is 4.98 Å². The third kappa shape index (κ3) is 1.89. The number of hydrogen-bond acceptors (Lipinski definition) is 3. The van der Waals surface area contributed by atoms with Crippen molar-refractivity contribution in [1.29, 1.82) is 0 Å². The SMILES string of the molecule is COc1cc(C(=O)O)nc2c(F)c(Cl)ccc12. The monoisotopic (exact) mass is 255 g/mol. The number of aromatic carboxylic acids is 1. The quantitative estimate of drug-likeness (QED) is 0.896. The summed E-state index contributed by atoms with van der Waals surface area (Å²) in [5, 5.41) is 9.11. The van der Waals surface area contributed by atoms with Gasteiger partial charge in [-0.25, -0.2) is 14.2 Å². The van der Waals surface area contributed by atoms with E-state index in [1.54, 1.807) is 0 Å². The Morgan fingerprint density at radius 1 is 1.53 bits per heavy atom. The zero-order chi connectivity index (χ0) is 12.6. The van der Waals surface area contributed by atoms with Gasteiger partial charge in [-0.15, -0.1) is 0 Å². The molecule has 0 radical (unpaired) electrons. The molecular formula is C11H7ClFNO3. The molecule has 1 aromatic carbocycles. The molecule has 0 atom stereocenters. The second-order valence-corrected chi connectivity index (χ2v) is 3.68. The summed E-state index contributed by atoms with van der Waals surface area (Å²) in [5.41, 5.74) is -0.412. The summed E-state index contributed by atoms with van der Waals surface area (Å²) in [6, 6.07) is 4.13. The number of carboxylic acids is 1. The first-order chi connectivity index (χ1) is 8.04. The maximum Gasteiger partial charge on any atom is 0.354 e. The largest absolute Gasteiger partial charge is 0.496 e. The van der Waals surface area contributed by atoms with Gasteiger partial charge in [-0.05, 0) is 12.1 Å². The number of aromatic nitrogens is 1. The van der Waals surface area contributed by atoms with Crippen LogP contribution in [-0.2, 0) is 0 Å². The van der Waals surface area contributed by atoms with Gasteiger partial charge in [-0.3, -0.25) is 0 Å². The highest BCUT2D eigenvalue weighted by molar-refractivity contribution is 6.31. The van der Waals surface area contributed by atoms with Crippen LogP contribution in [0, 0.1) is 5.82 Å². The number of nitrogens with zero attached hydrogens (tertiary/aromatic N) is 1. The van der Waals surface area contributed by atoms with E-state index in [4.69, 9.17) is 21.4 Å². The lowest BCUT2D eigenvalue weighted by molar-refractivity contribution is 0.0690. The van der Waals surface area contributed by atoms with E-state index in [0.717, 1.165) is 0 Å². The summed E-state index contributed by atoms with van der Waals surface area (Å²) in [5.74, 6) is -1.78. The molecule has 0 aliphatic rings. The Hall–Kier alpha value is -1.88. The minimum atomic E-state index is -1.26. The summed E-state index contributed by atoms with van der Waals surface area (Å²) >= 11 is 5.61. The van der Waals surface area contributed by atoms with Gasteiger partial charge in [0.1, 0.15) is 11.3 Å². The third-order valence-electron chi connectivity index (χ3n) is 2.27. The molecule has 1 heterocycles. The van der Waals surface area contributed by atoms with Crippen molar-refractivity contribution in [3.05, 3.63) is 34.7 Å². The number of carboxylic acid groups (broad SMARTS) is 1. The molecule has 88 valence electrons. The average molecular weight is 256 g/mol. The van der Waals surface area contributed by atoms with E-state index in [-0.39, 0.29) is 22.0 Å². The predicted octanol–water partition coefficient (Wildman–Crippen LogP) is 2.73. The van der Waals surface area contributed by atoms with Crippen LogP contribution in [0.5, 0.6) is 5.75 Å². The van der Waals surface area contributed by atoms with Crippen LogP contribution in [0.3, 0.4) is 0 Å². The van der Waals surface area contributed by atoms with Gasteiger partial charge in [0, 0.05) is 11.5 Å². The van der Waals surface area contributed by atoms with Crippen LogP contribution in [0.2, 0.25) is 5.02 Å². The van der Waals surface area contributed by atoms with Crippen LogP contribution in [0.1, 0.15) is 10.5 Å². The second-order valence-electron chi connectivity index (χ2n) is 3.27. The van der Waals surface area contributed by atoms with E-state index in [0.29, 0.717) is 5.39 Å². The highest BCUT2D eigenvalue weighted by Gasteiger charge is 2.15. The topological polar surface area (TPSA) is 59.4 Å². The van der Waals surface area contributed by atoms with Crippen molar-refractivity contribution in [2.75, 3.05) is 7.11 Å². The number of halogens is 2. The van der Waals surface area contributed by atoms with Gasteiger partial charge < -0.3 is 9.84 Å². The van der Waals surface area contributed by atoms with Crippen LogP contribution in [0.4, 0.5) is 4.39 Å². The molecule has 0 unspecified atom stereocenters. The molecule has 1 aromatic heterocycles. The van der Waals surface area contributed by atoms with Gasteiger partial charge in [-0.1, -0.05) is 11.6 Å². The van der Waals surface area contributed by atoms with Gasteiger partial charge >= 0.3 is 5.97 Å². The number of ether oxygens (including phenoxy) is 1. The molecular weight excluding hydrogens is 249 g/mol. The highest BCUT2D eigenvalue weighted by atomic mass is 35.5. The number of benzene rings is 1. The molecule has 0 aliphatic heterocycles. The molecule has 17 heavy (non-hydrogen) atoms. The van der Waals surface area contributed by atoms with Crippen LogP contribution >= 0.6 is 11.6 Å². The Morgan fingerprint density at radius 3 is 2.82 bits per heavy atom. The number of methoxy groups -OCH3 is 1. The van der Waals surface area contributed by atoms with Crippen molar-refractivity contribution in [3.63, 3.8) is 0 Å². The van der Waals surface area contributed by atoms with Gasteiger partial charge in [0.2, 0.25) is 0 Å². The summed E-state index contributed by atoms with van der Waals surface area (Å²) in [4.78, 5) is 14.5. The van der Waals surface area contributed by atoms with Crippen LogP contribution in [-0.4, -0.2) is 23.2 Å². The predicted molar refractivity (Wildman–Crippen MR) is 60.2 cm³/mol. The smallest absolute Gasteiger partial charge is 0.354 e. The first kappa shape index (κ1) is 11.6. The van der Waals surface area contributed by atoms with Gasteiger partial charge in [0.15, 0.2) is 11.5 Å². The fraction of sp³-hybridized carbons (Fsp3) is 0.0909. The van der Waals surface area contributed by atoms with Crippen LogP contribution < -0.4 is 4.74 Å². The standard InChI is InChI=1S/C11H7ClFNO3/c1-17-8-4-7(11(15)16)14-10-5(8)2-3-6(12)9(10)13/h2-4H,1H3,(H,15,16). The first-order valence-electron chi connectivity index (χ1n) is 4.60. The molecule has 2 aromatic rings. The normalized spacial score (nSPS) is 10.5. The Labute approximate surface area is 101 Å². The first-order valence-corrected chi connectivity index (χ1v) is 4.98. The molecule has 0 amide bonds.